The lowest BCUT2D eigenvalue weighted by molar-refractivity contribution is 0.0696. The zero-order chi connectivity index (χ0) is 13.8. The van der Waals surface area contributed by atoms with Gasteiger partial charge in [-0.05, 0) is 36.2 Å². The smallest absolute Gasteiger partial charge is 0.335 e. The molecule has 0 saturated carbocycles. The number of hydrogen-bond donors (Lipinski definition) is 1. The van der Waals surface area contributed by atoms with Crippen molar-refractivity contribution < 1.29 is 14.6 Å². The van der Waals surface area contributed by atoms with Crippen molar-refractivity contribution in [3.05, 3.63) is 47.3 Å². The molecule has 0 spiro atoms. The highest BCUT2D eigenvalue weighted by molar-refractivity contribution is 5.89. The average Bonchev–Trinajstić information content (AvgIpc) is 2.75. The van der Waals surface area contributed by atoms with E-state index in [1.54, 1.807) is 29.8 Å². The average molecular weight is 260 g/mol. The molecular weight excluding hydrogens is 244 g/mol. The normalized spacial score (nSPS) is 10.4. The zero-order valence-corrected chi connectivity index (χ0v) is 11.0. The molecule has 100 valence electrons. The molecule has 0 atom stereocenters. The maximum atomic E-state index is 10.9. The number of carboxylic acid groups (broad SMARTS) is 1. The highest BCUT2D eigenvalue weighted by Crippen LogP contribution is 2.17. The van der Waals surface area contributed by atoms with Gasteiger partial charge in [-0.3, -0.25) is 4.68 Å². The van der Waals surface area contributed by atoms with Gasteiger partial charge in [0.25, 0.3) is 0 Å². The number of aromatic carboxylic acids is 1. The summed E-state index contributed by atoms with van der Waals surface area (Å²) in [6.07, 6.45) is 4.53. The van der Waals surface area contributed by atoms with Crippen LogP contribution in [0.3, 0.4) is 0 Å². The Bertz CT molecular complexity index is 590. The SMILES string of the molecule is Cc1cc(OCCc2cnn(C)c2)ccc1C(=O)O. The second-order valence-corrected chi connectivity index (χ2v) is 4.40. The van der Waals surface area contributed by atoms with Crippen molar-refractivity contribution >= 4 is 5.97 Å². The van der Waals surface area contributed by atoms with Crippen LogP contribution in [0.15, 0.2) is 30.6 Å². The molecule has 0 radical (unpaired) electrons. The van der Waals surface area contributed by atoms with Gasteiger partial charge in [0.05, 0.1) is 18.4 Å². The molecule has 0 aliphatic heterocycles. The van der Waals surface area contributed by atoms with E-state index in [-0.39, 0.29) is 0 Å². The van der Waals surface area contributed by atoms with E-state index in [1.165, 1.54) is 0 Å². The lowest BCUT2D eigenvalue weighted by Crippen LogP contribution is -2.03. The molecule has 0 amide bonds. The predicted molar refractivity (Wildman–Crippen MR) is 70.5 cm³/mol. The van der Waals surface area contributed by atoms with Crippen molar-refractivity contribution in [1.82, 2.24) is 9.78 Å². The summed E-state index contributed by atoms with van der Waals surface area (Å²) >= 11 is 0. The van der Waals surface area contributed by atoms with Crippen LogP contribution in [0.4, 0.5) is 0 Å². The van der Waals surface area contributed by atoms with Gasteiger partial charge in [0, 0.05) is 19.7 Å². The van der Waals surface area contributed by atoms with Crippen LogP contribution < -0.4 is 4.74 Å². The molecule has 2 rings (SSSR count). The summed E-state index contributed by atoms with van der Waals surface area (Å²) in [7, 11) is 1.87. The summed E-state index contributed by atoms with van der Waals surface area (Å²) in [5, 5.41) is 13.0. The van der Waals surface area contributed by atoms with Crippen molar-refractivity contribution in [3.63, 3.8) is 0 Å². The molecule has 1 aromatic carbocycles. The molecule has 0 fully saturated rings. The van der Waals surface area contributed by atoms with E-state index in [9.17, 15) is 4.79 Å². The maximum absolute atomic E-state index is 10.9. The Morgan fingerprint density at radius 1 is 1.47 bits per heavy atom. The lowest BCUT2D eigenvalue weighted by atomic mass is 10.1. The molecule has 0 aliphatic rings. The quantitative estimate of drug-likeness (QED) is 0.893. The Balaban J connectivity index is 1.93. The number of benzene rings is 1. The van der Waals surface area contributed by atoms with Crippen LogP contribution >= 0.6 is 0 Å². The Labute approximate surface area is 111 Å². The van der Waals surface area contributed by atoms with E-state index >= 15 is 0 Å². The minimum absolute atomic E-state index is 0.305. The van der Waals surface area contributed by atoms with E-state index in [2.05, 4.69) is 5.10 Å². The number of aryl methyl sites for hydroxylation is 2. The number of aromatic nitrogens is 2. The Kier molecular flexibility index (Phi) is 3.85. The number of ether oxygens (including phenoxy) is 1. The number of hydrogen-bond acceptors (Lipinski definition) is 3. The Morgan fingerprint density at radius 3 is 2.84 bits per heavy atom. The lowest BCUT2D eigenvalue weighted by Gasteiger charge is -2.07. The van der Waals surface area contributed by atoms with Gasteiger partial charge < -0.3 is 9.84 Å². The predicted octanol–water partition coefficient (Wildman–Crippen LogP) is 2.05. The third-order valence-corrected chi connectivity index (χ3v) is 2.85. The van der Waals surface area contributed by atoms with Crippen molar-refractivity contribution in [1.29, 1.82) is 0 Å². The second kappa shape index (κ2) is 5.56. The Morgan fingerprint density at radius 2 is 2.26 bits per heavy atom. The summed E-state index contributed by atoms with van der Waals surface area (Å²) in [5.74, 6) is -0.231. The van der Waals surface area contributed by atoms with Crippen molar-refractivity contribution in [3.8, 4) is 5.75 Å². The molecule has 1 aromatic heterocycles. The van der Waals surface area contributed by atoms with Crippen molar-refractivity contribution in [2.24, 2.45) is 7.05 Å². The molecule has 5 heteroatoms. The molecule has 1 N–H and O–H groups in total. The van der Waals surface area contributed by atoms with Gasteiger partial charge in [-0.15, -0.1) is 0 Å². The number of rotatable bonds is 5. The van der Waals surface area contributed by atoms with Gasteiger partial charge in [-0.25, -0.2) is 4.79 Å². The second-order valence-electron chi connectivity index (χ2n) is 4.40. The maximum Gasteiger partial charge on any atom is 0.335 e. The molecule has 19 heavy (non-hydrogen) atoms. The van der Waals surface area contributed by atoms with Gasteiger partial charge in [-0.1, -0.05) is 0 Å². The van der Waals surface area contributed by atoms with Crippen molar-refractivity contribution in [2.45, 2.75) is 13.3 Å². The Hall–Kier alpha value is -2.30. The molecule has 1 heterocycles. The van der Waals surface area contributed by atoms with Crippen molar-refractivity contribution in [2.75, 3.05) is 6.61 Å². The van der Waals surface area contributed by atoms with Crippen LogP contribution in [-0.2, 0) is 13.5 Å². The number of carboxylic acids is 1. The van der Waals surface area contributed by atoms with Crippen LogP contribution in [0.5, 0.6) is 5.75 Å². The summed E-state index contributed by atoms with van der Waals surface area (Å²) < 4.78 is 7.36. The van der Waals surface area contributed by atoms with E-state index in [4.69, 9.17) is 9.84 Å². The summed E-state index contributed by atoms with van der Waals surface area (Å²) in [4.78, 5) is 10.9. The molecular formula is C14H16N2O3. The van der Waals surface area contributed by atoms with Gasteiger partial charge in [-0.2, -0.15) is 5.10 Å². The minimum Gasteiger partial charge on any atom is -0.493 e. The molecule has 2 aromatic rings. The number of nitrogens with zero attached hydrogens (tertiary/aromatic N) is 2. The van der Waals surface area contributed by atoms with Gasteiger partial charge >= 0.3 is 5.97 Å². The molecule has 0 saturated heterocycles. The van der Waals surface area contributed by atoms with E-state index in [0.29, 0.717) is 23.5 Å². The highest BCUT2D eigenvalue weighted by atomic mass is 16.5. The first-order valence-corrected chi connectivity index (χ1v) is 6.00. The highest BCUT2D eigenvalue weighted by Gasteiger charge is 2.07. The summed E-state index contributed by atoms with van der Waals surface area (Å²) in [5.41, 5.74) is 2.12. The molecule has 0 bridgehead atoms. The summed E-state index contributed by atoms with van der Waals surface area (Å²) in [6.45, 7) is 2.30. The van der Waals surface area contributed by atoms with Crippen LogP contribution in [-0.4, -0.2) is 27.5 Å². The third-order valence-electron chi connectivity index (χ3n) is 2.85. The van der Waals surface area contributed by atoms with Crippen LogP contribution in [0.2, 0.25) is 0 Å². The zero-order valence-electron chi connectivity index (χ0n) is 11.0. The van der Waals surface area contributed by atoms with Gasteiger partial charge in [0.2, 0.25) is 0 Å². The fraction of sp³-hybridized carbons (Fsp3) is 0.286. The first-order valence-electron chi connectivity index (χ1n) is 6.00. The molecule has 0 unspecified atom stereocenters. The van der Waals surface area contributed by atoms with Crippen LogP contribution in [0, 0.1) is 6.92 Å². The number of carbonyl (C=O) groups is 1. The topological polar surface area (TPSA) is 64.4 Å². The first kappa shape index (κ1) is 13.1. The minimum atomic E-state index is -0.917. The van der Waals surface area contributed by atoms with Crippen LogP contribution in [0.25, 0.3) is 0 Å². The standard InChI is InChI=1S/C14H16N2O3/c1-10-7-12(3-4-13(10)14(17)18)19-6-5-11-8-15-16(2)9-11/h3-4,7-9H,5-6H2,1-2H3,(H,17,18). The van der Waals surface area contributed by atoms with Gasteiger partial charge in [0.15, 0.2) is 0 Å². The fourth-order valence-corrected chi connectivity index (χ4v) is 1.85. The third kappa shape index (κ3) is 3.34. The van der Waals surface area contributed by atoms with Crippen LogP contribution in [0.1, 0.15) is 21.5 Å². The van der Waals surface area contributed by atoms with Gasteiger partial charge in [0.1, 0.15) is 5.75 Å². The fourth-order valence-electron chi connectivity index (χ4n) is 1.85. The molecule has 0 aliphatic carbocycles. The largest absolute Gasteiger partial charge is 0.493 e. The van der Waals surface area contributed by atoms with E-state index in [0.717, 1.165) is 12.0 Å². The monoisotopic (exact) mass is 260 g/mol. The summed E-state index contributed by atoms with van der Waals surface area (Å²) in [6, 6.07) is 4.99. The van der Waals surface area contributed by atoms with E-state index in [1.807, 2.05) is 19.4 Å². The molecule has 5 nitrogen and oxygen atoms in total. The first-order chi connectivity index (χ1) is 9.06. The van der Waals surface area contributed by atoms with E-state index < -0.39 is 5.97 Å².